The summed E-state index contributed by atoms with van der Waals surface area (Å²) in [4.78, 5) is 6.58. The van der Waals surface area contributed by atoms with E-state index in [0.29, 0.717) is 24.0 Å². The summed E-state index contributed by atoms with van der Waals surface area (Å²) in [6, 6.07) is 11.5. The molecule has 0 saturated heterocycles. The van der Waals surface area contributed by atoms with Crippen LogP contribution in [0.15, 0.2) is 40.9 Å². The third-order valence-electron chi connectivity index (χ3n) is 4.39. The van der Waals surface area contributed by atoms with Crippen LogP contribution in [0.5, 0.6) is 23.0 Å². The Kier molecular flexibility index (Phi) is 3.83. The molecule has 0 atom stereocenters. The first-order valence-electron chi connectivity index (χ1n) is 8.54. The molecule has 0 bridgehead atoms. The SMILES string of the molecule is CN(Cc1ccc2c(c1)OCO2)Cc1nc(-c2ccc3c(c2)OCO3)no1. The van der Waals surface area contributed by atoms with Crippen molar-refractivity contribution in [1.82, 2.24) is 15.0 Å². The number of nitrogens with zero attached hydrogens (tertiary/aromatic N) is 3. The minimum absolute atomic E-state index is 0.237. The molecule has 27 heavy (non-hydrogen) atoms. The molecule has 138 valence electrons. The summed E-state index contributed by atoms with van der Waals surface area (Å²) in [5.74, 6) is 4.06. The average Bonchev–Trinajstić information content (AvgIpc) is 3.40. The Morgan fingerprint density at radius 2 is 1.56 bits per heavy atom. The highest BCUT2D eigenvalue weighted by Crippen LogP contribution is 2.35. The van der Waals surface area contributed by atoms with Gasteiger partial charge in [-0.3, -0.25) is 4.90 Å². The molecule has 0 N–H and O–H groups in total. The fourth-order valence-corrected chi connectivity index (χ4v) is 3.11. The first kappa shape index (κ1) is 16.0. The lowest BCUT2D eigenvalue weighted by molar-refractivity contribution is 0.173. The lowest BCUT2D eigenvalue weighted by atomic mass is 10.2. The van der Waals surface area contributed by atoms with Crippen LogP contribution < -0.4 is 18.9 Å². The van der Waals surface area contributed by atoms with Gasteiger partial charge in [-0.15, -0.1) is 0 Å². The Bertz CT molecular complexity index is 987. The molecule has 0 fully saturated rings. The van der Waals surface area contributed by atoms with Crippen molar-refractivity contribution in [3.05, 3.63) is 47.9 Å². The summed E-state index contributed by atoms with van der Waals surface area (Å²) in [7, 11) is 2.00. The van der Waals surface area contributed by atoms with E-state index in [9.17, 15) is 0 Å². The van der Waals surface area contributed by atoms with Crippen LogP contribution >= 0.6 is 0 Å². The van der Waals surface area contributed by atoms with Gasteiger partial charge in [0.05, 0.1) is 6.54 Å². The molecule has 0 saturated carbocycles. The van der Waals surface area contributed by atoms with Crippen LogP contribution in [0.3, 0.4) is 0 Å². The molecule has 0 radical (unpaired) electrons. The van der Waals surface area contributed by atoms with E-state index in [-0.39, 0.29) is 13.6 Å². The maximum atomic E-state index is 5.42. The number of aromatic nitrogens is 2. The van der Waals surface area contributed by atoms with Crippen molar-refractivity contribution in [2.24, 2.45) is 0 Å². The van der Waals surface area contributed by atoms with Crippen molar-refractivity contribution >= 4 is 0 Å². The second kappa shape index (κ2) is 6.48. The second-order valence-corrected chi connectivity index (χ2v) is 6.44. The van der Waals surface area contributed by atoms with Crippen LogP contribution in [-0.4, -0.2) is 35.7 Å². The van der Waals surface area contributed by atoms with Gasteiger partial charge >= 0.3 is 0 Å². The summed E-state index contributed by atoms with van der Waals surface area (Å²) in [5, 5.41) is 4.07. The van der Waals surface area contributed by atoms with E-state index in [4.69, 9.17) is 23.5 Å². The van der Waals surface area contributed by atoms with Gasteiger partial charge < -0.3 is 23.5 Å². The Morgan fingerprint density at radius 3 is 2.37 bits per heavy atom. The summed E-state index contributed by atoms with van der Waals surface area (Å²) >= 11 is 0. The molecule has 0 aliphatic carbocycles. The Labute approximate surface area is 155 Å². The molecule has 0 amide bonds. The van der Waals surface area contributed by atoms with Crippen LogP contribution in [0.2, 0.25) is 0 Å². The van der Waals surface area contributed by atoms with Crippen LogP contribution in [-0.2, 0) is 13.1 Å². The highest BCUT2D eigenvalue weighted by molar-refractivity contribution is 5.61. The molecular formula is C19H17N3O5. The van der Waals surface area contributed by atoms with Gasteiger partial charge in [-0.25, -0.2) is 0 Å². The first-order chi connectivity index (χ1) is 13.2. The standard InChI is InChI=1S/C19H17N3O5/c1-22(8-12-2-4-14-16(6-12)25-10-23-14)9-18-20-19(21-27-18)13-3-5-15-17(7-13)26-11-24-15/h2-7H,8-11H2,1H3. The highest BCUT2D eigenvalue weighted by atomic mass is 16.7. The van der Waals surface area contributed by atoms with E-state index < -0.39 is 0 Å². The van der Waals surface area contributed by atoms with Gasteiger partial charge in [0.1, 0.15) is 0 Å². The van der Waals surface area contributed by atoms with E-state index in [0.717, 1.165) is 34.9 Å². The third-order valence-corrected chi connectivity index (χ3v) is 4.39. The van der Waals surface area contributed by atoms with Gasteiger partial charge in [0, 0.05) is 12.1 Å². The smallest absolute Gasteiger partial charge is 0.241 e. The molecule has 8 heteroatoms. The molecule has 3 heterocycles. The highest BCUT2D eigenvalue weighted by Gasteiger charge is 2.18. The van der Waals surface area contributed by atoms with Crippen molar-refractivity contribution in [2.45, 2.75) is 13.1 Å². The van der Waals surface area contributed by atoms with Crippen molar-refractivity contribution in [2.75, 3.05) is 20.6 Å². The van der Waals surface area contributed by atoms with Gasteiger partial charge in [0.2, 0.25) is 25.3 Å². The van der Waals surface area contributed by atoms with Gasteiger partial charge in [-0.2, -0.15) is 4.98 Å². The maximum absolute atomic E-state index is 5.42. The molecule has 2 aliphatic rings. The number of ether oxygens (including phenoxy) is 4. The number of benzene rings is 2. The minimum atomic E-state index is 0.237. The number of rotatable bonds is 5. The van der Waals surface area contributed by atoms with Crippen molar-refractivity contribution in [1.29, 1.82) is 0 Å². The summed E-state index contributed by atoms with van der Waals surface area (Å²) in [6.45, 7) is 1.77. The molecule has 0 spiro atoms. The van der Waals surface area contributed by atoms with Crippen molar-refractivity contribution < 1.29 is 23.5 Å². The monoisotopic (exact) mass is 367 g/mol. The Balaban J connectivity index is 1.26. The van der Waals surface area contributed by atoms with Gasteiger partial charge in [0.25, 0.3) is 0 Å². The molecule has 1 aromatic heterocycles. The van der Waals surface area contributed by atoms with Gasteiger partial charge in [0.15, 0.2) is 23.0 Å². The second-order valence-electron chi connectivity index (χ2n) is 6.44. The van der Waals surface area contributed by atoms with E-state index >= 15 is 0 Å². The molecule has 3 aromatic rings. The van der Waals surface area contributed by atoms with Crippen LogP contribution in [0.25, 0.3) is 11.4 Å². The van der Waals surface area contributed by atoms with E-state index in [1.54, 1.807) is 0 Å². The van der Waals surface area contributed by atoms with E-state index in [1.165, 1.54) is 0 Å². The van der Waals surface area contributed by atoms with Gasteiger partial charge in [-0.1, -0.05) is 11.2 Å². The minimum Gasteiger partial charge on any atom is -0.454 e. The predicted octanol–water partition coefficient (Wildman–Crippen LogP) is 2.83. The Hall–Kier alpha value is -3.26. The fourth-order valence-electron chi connectivity index (χ4n) is 3.11. The van der Waals surface area contributed by atoms with E-state index in [1.807, 2.05) is 43.4 Å². The number of hydrogen-bond donors (Lipinski definition) is 0. The van der Waals surface area contributed by atoms with Crippen molar-refractivity contribution in [3.8, 4) is 34.4 Å². The summed E-state index contributed by atoms with van der Waals surface area (Å²) < 4.78 is 26.9. The zero-order chi connectivity index (χ0) is 18.2. The number of hydrogen-bond acceptors (Lipinski definition) is 8. The first-order valence-corrected chi connectivity index (χ1v) is 8.54. The molecule has 5 rings (SSSR count). The molecule has 2 aromatic carbocycles. The molecule has 8 nitrogen and oxygen atoms in total. The van der Waals surface area contributed by atoms with Crippen LogP contribution in [0.1, 0.15) is 11.5 Å². The summed E-state index contributed by atoms with van der Waals surface area (Å²) in [5.41, 5.74) is 1.95. The quantitative estimate of drug-likeness (QED) is 0.681. The normalized spacial score (nSPS) is 14.1. The molecular weight excluding hydrogens is 350 g/mol. The molecule has 0 unspecified atom stereocenters. The maximum Gasteiger partial charge on any atom is 0.241 e. The summed E-state index contributed by atoms with van der Waals surface area (Å²) in [6.07, 6.45) is 0. The fraction of sp³-hybridized carbons (Fsp3) is 0.263. The van der Waals surface area contributed by atoms with E-state index in [2.05, 4.69) is 15.0 Å². The molecule has 2 aliphatic heterocycles. The zero-order valence-electron chi connectivity index (χ0n) is 14.7. The zero-order valence-corrected chi connectivity index (χ0v) is 14.7. The third kappa shape index (κ3) is 3.15. The lowest BCUT2D eigenvalue weighted by Crippen LogP contribution is -2.17. The topological polar surface area (TPSA) is 79.1 Å². The van der Waals surface area contributed by atoms with Crippen LogP contribution in [0, 0.1) is 0 Å². The largest absolute Gasteiger partial charge is 0.454 e. The lowest BCUT2D eigenvalue weighted by Gasteiger charge is -2.14. The van der Waals surface area contributed by atoms with Gasteiger partial charge in [-0.05, 0) is 42.9 Å². The van der Waals surface area contributed by atoms with Crippen LogP contribution in [0.4, 0.5) is 0 Å². The van der Waals surface area contributed by atoms with Crippen molar-refractivity contribution in [3.63, 3.8) is 0 Å². The average molecular weight is 367 g/mol. The number of fused-ring (bicyclic) bond motifs is 2. The predicted molar refractivity (Wildman–Crippen MR) is 93.6 cm³/mol. The Morgan fingerprint density at radius 1 is 0.852 bits per heavy atom.